The van der Waals surface area contributed by atoms with Crippen molar-refractivity contribution in [2.75, 3.05) is 5.32 Å². The SMILES string of the molecule is CCn1cc(C)nc1NCc1cccc(C)n1. The molecule has 1 N–H and O–H groups in total. The zero-order valence-corrected chi connectivity index (χ0v) is 10.6. The Kier molecular flexibility index (Phi) is 3.42. The smallest absolute Gasteiger partial charge is 0.203 e. The Morgan fingerprint density at radius 2 is 2.00 bits per heavy atom. The molecular formula is C13H18N4. The maximum Gasteiger partial charge on any atom is 0.203 e. The van der Waals surface area contributed by atoms with Crippen LogP contribution < -0.4 is 5.32 Å². The zero-order chi connectivity index (χ0) is 12.3. The van der Waals surface area contributed by atoms with Gasteiger partial charge in [0.15, 0.2) is 0 Å². The second-order valence-electron chi connectivity index (χ2n) is 4.12. The first kappa shape index (κ1) is 11.6. The number of hydrogen-bond acceptors (Lipinski definition) is 3. The lowest BCUT2D eigenvalue weighted by molar-refractivity contribution is 0.761. The number of rotatable bonds is 4. The molecule has 0 aliphatic heterocycles. The quantitative estimate of drug-likeness (QED) is 0.877. The Balaban J connectivity index is 2.06. The molecule has 0 aliphatic carbocycles. The van der Waals surface area contributed by atoms with Crippen molar-refractivity contribution < 1.29 is 0 Å². The minimum Gasteiger partial charge on any atom is -0.350 e. The van der Waals surface area contributed by atoms with Gasteiger partial charge in [0, 0.05) is 18.4 Å². The van der Waals surface area contributed by atoms with Gasteiger partial charge >= 0.3 is 0 Å². The second-order valence-corrected chi connectivity index (χ2v) is 4.12. The van der Waals surface area contributed by atoms with Gasteiger partial charge in [-0.25, -0.2) is 4.98 Å². The molecule has 0 fully saturated rings. The molecule has 4 nitrogen and oxygen atoms in total. The van der Waals surface area contributed by atoms with Crippen molar-refractivity contribution in [3.63, 3.8) is 0 Å². The van der Waals surface area contributed by atoms with Crippen LogP contribution in [0.3, 0.4) is 0 Å². The molecule has 0 unspecified atom stereocenters. The first-order valence-corrected chi connectivity index (χ1v) is 5.89. The topological polar surface area (TPSA) is 42.7 Å². The van der Waals surface area contributed by atoms with Gasteiger partial charge in [-0.05, 0) is 32.9 Å². The fraction of sp³-hybridized carbons (Fsp3) is 0.385. The van der Waals surface area contributed by atoms with Crippen LogP contribution in [-0.2, 0) is 13.1 Å². The van der Waals surface area contributed by atoms with E-state index in [0.29, 0.717) is 6.54 Å². The third-order valence-electron chi connectivity index (χ3n) is 2.61. The summed E-state index contributed by atoms with van der Waals surface area (Å²) in [6.45, 7) is 7.74. The molecule has 0 amide bonds. The monoisotopic (exact) mass is 230 g/mol. The van der Waals surface area contributed by atoms with Crippen molar-refractivity contribution in [3.8, 4) is 0 Å². The molecule has 2 aromatic rings. The summed E-state index contributed by atoms with van der Waals surface area (Å²) in [6, 6.07) is 6.05. The van der Waals surface area contributed by atoms with Crippen molar-refractivity contribution in [3.05, 3.63) is 41.5 Å². The molecule has 2 rings (SSSR count). The first-order chi connectivity index (χ1) is 8.19. The molecule has 0 spiro atoms. The minimum absolute atomic E-state index is 0.706. The van der Waals surface area contributed by atoms with E-state index in [1.54, 1.807) is 0 Å². The summed E-state index contributed by atoms with van der Waals surface area (Å²) in [5.41, 5.74) is 3.11. The van der Waals surface area contributed by atoms with Gasteiger partial charge in [0.05, 0.1) is 17.9 Å². The number of anilines is 1. The van der Waals surface area contributed by atoms with Crippen molar-refractivity contribution in [1.82, 2.24) is 14.5 Å². The second kappa shape index (κ2) is 4.99. The standard InChI is InChI=1S/C13H18N4/c1-4-17-9-11(3)16-13(17)14-8-12-7-5-6-10(2)15-12/h5-7,9H,4,8H2,1-3H3,(H,14,16). The van der Waals surface area contributed by atoms with E-state index in [2.05, 4.69) is 26.8 Å². The number of nitrogens with one attached hydrogen (secondary N) is 1. The molecule has 2 heterocycles. The van der Waals surface area contributed by atoms with Crippen molar-refractivity contribution >= 4 is 5.95 Å². The zero-order valence-electron chi connectivity index (χ0n) is 10.6. The van der Waals surface area contributed by atoms with E-state index >= 15 is 0 Å². The summed E-state index contributed by atoms with van der Waals surface area (Å²) in [4.78, 5) is 8.89. The van der Waals surface area contributed by atoms with Crippen molar-refractivity contribution in [2.45, 2.75) is 33.9 Å². The summed E-state index contributed by atoms with van der Waals surface area (Å²) in [5.74, 6) is 0.910. The van der Waals surface area contributed by atoms with Crippen LogP contribution in [0.1, 0.15) is 24.0 Å². The molecule has 17 heavy (non-hydrogen) atoms. The Morgan fingerprint density at radius 1 is 1.18 bits per heavy atom. The number of imidazole rings is 1. The van der Waals surface area contributed by atoms with Crippen LogP contribution in [0, 0.1) is 13.8 Å². The van der Waals surface area contributed by atoms with Gasteiger partial charge < -0.3 is 9.88 Å². The summed E-state index contributed by atoms with van der Waals surface area (Å²) in [5, 5.41) is 3.32. The number of aryl methyl sites for hydroxylation is 3. The van der Waals surface area contributed by atoms with E-state index < -0.39 is 0 Å². The molecule has 90 valence electrons. The Bertz CT molecular complexity index is 502. The Morgan fingerprint density at radius 3 is 2.71 bits per heavy atom. The van der Waals surface area contributed by atoms with Crippen LogP contribution in [0.15, 0.2) is 24.4 Å². The molecule has 0 saturated heterocycles. The van der Waals surface area contributed by atoms with E-state index in [0.717, 1.165) is 29.6 Å². The van der Waals surface area contributed by atoms with E-state index in [4.69, 9.17) is 0 Å². The number of pyridine rings is 1. The third kappa shape index (κ3) is 2.84. The summed E-state index contributed by atoms with van der Waals surface area (Å²) >= 11 is 0. The third-order valence-corrected chi connectivity index (χ3v) is 2.61. The van der Waals surface area contributed by atoms with Gasteiger partial charge in [0.2, 0.25) is 5.95 Å². The lowest BCUT2D eigenvalue weighted by Gasteiger charge is -2.07. The maximum absolute atomic E-state index is 4.45. The maximum atomic E-state index is 4.45. The van der Waals surface area contributed by atoms with Crippen LogP contribution in [0.4, 0.5) is 5.95 Å². The van der Waals surface area contributed by atoms with Gasteiger partial charge in [0.25, 0.3) is 0 Å². The predicted octanol–water partition coefficient (Wildman–Crippen LogP) is 2.53. The van der Waals surface area contributed by atoms with E-state index in [9.17, 15) is 0 Å². The van der Waals surface area contributed by atoms with Gasteiger partial charge in [-0.3, -0.25) is 4.98 Å². The summed E-state index contributed by atoms with van der Waals surface area (Å²) < 4.78 is 2.10. The molecule has 0 bridgehead atoms. The normalized spacial score (nSPS) is 10.5. The number of aromatic nitrogens is 3. The molecular weight excluding hydrogens is 212 g/mol. The van der Waals surface area contributed by atoms with Crippen molar-refractivity contribution in [2.24, 2.45) is 0 Å². The van der Waals surface area contributed by atoms with Crippen LogP contribution in [0.5, 0.6) is 0 Å². The Labute approximate surface area is 102 Å². The molecule has 0 radical (unpaired) electrons. The molecule has 0 saturated carbocycles. The average molecular weight is 230 g/mol. The highest BCUT2D eigenvalue weighted by atomic mass is 15.2. The Hall–Kier alpha value is -1.84. The molecule has 4 heteroatoms. The lowest BCUT2D eigenvalue weighted by atomic mass is 10.3. The number of nitrogens with zero attached hydrogens (tertiary/aromatic N) is 3. The van der Waals surface area contributed by atoms with Crippen LogP contribution in [0.2, 0.25) is 0 Å². The van der Waals surface area contributed by atoms with Gasteiger partial charge in [0.1, 0.15) is 0 Å². The first-order valence-electron chi connectivity index (χ1n) is 5.89. The minimum atomic E-state index is 0.706. The molecule has 0 aromatic carbocycles. The predicted molar refractivity (Wildman–Crippen MR) is 68.9 cm³/mol. The number of hydrogen-bond donors (Lipinski definition) is 1. The molecule has 2 aromatic heterocycles. The van der Waals surface area contributed by atoms with E-state index in [-0.39, 0.29) is 0 Å². The fourth-order valence-corrected chi connectivity index (χ4v) is 1.80. The van der Waals surface area contributed by atoms with Crippen molar-refractivity contribution in [1.29, 1.82) is 0 Å². The van der Waals surface area contributed by atoms with Gasteiger partial charge in [-0.1, -0.05) is 6.07 Å². The van der Waals surface area contributed by atoms with Crippen LogP contribution in [0.25, 0.3) is 0 Å². The van der Waals surface area contributed by atoms with Crippen LogP contribution >= 0.6 is 0 Å². The largest absolute Gasteiger partial charge is 0.350 e. The van der Waals surface area contributed by atoms with Gasteiger partial charge in [-0.15, -0.1) is 0 Å². The highest BCUT2D eigenvalue weighted by molar-refractivity contribution is 5.29. The van der Waals surface area contributed by atoms with Crippen LogP contribution in [-0.4, -0.2) is 14.5 Å². The fourth-order valence-electron chi connectivity index (χ4n) is 1.80. The van der Waals surface area contributed by atoms with E-state index in [1.165, 1.54) is 0 Å². The highest BCUT2D eigenvalue weighted by Gasteiger charge is 2.03. The molecule has 0 aliphatic rings. The van der Waals surface area contributed by atoms with E-state index in [1.807, 2.05) is 38.2 Å². The average Bonchev–Trinajstić information content (AvgIpc) is 2.67. The van der Waals surface area contributed by atoms with Gasteiger partial charge in [-0.2, -0.15) is 0 Å². The summed E-state index contributed by atoms with van der Waals surface area (Å²) in [6.07, 6.45) is 2.05. The molecule has 0 atom stereocenters. The lowest BCUT2D eigenvalue weighted by Crippen LogP contribution is -2.07. The summed E-state index contributed by atoms with van der Waals surface area (Å²) in [7, 11) is 0. The highest BCUT2D eigenvalue weighted by Crippen LogP contribution is 2.09.